The van der Waals surface area contributed by atoms with Gasteiger partial charge in [0.05, 0.1) is 5.56 Å². The molecule has 2 rings (SSSR count). The Hall–Kier alpha value is -1.78. The van der Waals surface area contributed by atoms with Crippen LogP contribution in [0.4, 0.5) is 18.9 Å². The third-order valence-electron chi connectivity index (χ3n) is 5.16. The van der Waals surface area contributed by atoms with Gasteiger partial charge >= 0.3 is 6.18 Å². The largest absolute Gasteiger partial charge is 0.416 e. The first kappa shape index (κ1) is 18.6. The molecule has 1 aromatic carbocycles. The van der Waals surface area contributed by atoms with Crippen molar-refractivity contribution in [2.75, 3.05) is 5.32 Å². The van der Waals surface area contributed by atoms with Crippen LogP contribution in [0.1, 0.15) is 52.0 Å². The predicted octanol–water partition coefficient (Wildman–Crippen LogP) is 5.81. The number of halogens is 3. The lowest BCUT2D eigenvalue weighted by Gasteiger charge is -2.36. The number of carbonyl (C=O) groups excluding carboxylic acids is 1. The number of rotatable bonds is 4. The molecular formula is C19H24F3NO. The van der Waals surface area contributed by atoms with Crippen molar-refractivity contribution in [2.45, 2.75) is 52.6 Å². The Labute approximate surface area is 141 Å². The third kappa shape index (κ3) is 4.40. The van der Waals surface area contributed by atoms with E-state index in [1.807, 2.05) is 0 Å². The average molecular weight is 339 g/mol. The molecule has 1 aromatic rings. The van der Waals surface area contributed by atoms with Crippen molar-refractivity contribution in [1.82, 2.24) is 0 Å². The Morgan fingerprint density at radius 3 is 2.62 bits per heavy atom. The van der Waals surface area contributed by atoms with E-state index in [0.29, 0.717) is 30.0 Å². The molecule has 2 nitrogen and oxygen atoms in total. The highest BCUT2D eigenvalue weighted by Crippen LogP contribution is 2.41. The van der Waals surface area contributed by atoms with Crippen molar-refractivity contribution in [2.24, 2.45) is 11.3 Å². The number of hydrogen-bond acceptors (Lipinski definition) is 2. The van der Waals surface area contributed by atoms with Crippen molar-refractivity contribution in [3.05, 3.63) is 41.6 Å². The number of Topliss-reactive ketones (excluding diaryl/α,β-unsaturated/α-hetero) is 1. The SMILES string of the molecule is CCC(C)(C)[C@@H]1CCC(=O)/C(=C/Nc2cccc(C(F)(F)F)c2)C1. The topological polar surface area (TPSA) is 29.1 Å². The summed E-state index contributed by atoms with van der Waals surface area (Å²) in [7, 11) is 0. The lowest BCUT2D eigenvalue weighted by atomic mass is 9.68. The van der Waals surface area contributed by atoms with Crippen molar-refractivity contribution in [3.63, 3.8) is 0 Å². The van der Waals surface area contributed by atoms with E-state index < -0.39 is 11.7 Å². The zero-order valence-electron chi connectivity index (χ0n) is 14.3. The first-order valence-corrected chi connectivity index (χ1v) is 8.29. The fraction of sp³-hybridized carbons (Fsp3) is 0.526. The molecule has 0 spiro atoms. The van der Waals surface area contributed by atoms with Crippen molar-refractivity contribution in [1.29, 1.82) is 0 Å². The van der Waals surface area contributed by atoms with Gasteiger partial charge in [0.1, 0.15) is 0 Å². The summed E-state index contributed by atoms with van der Waals surface area (Å²) in [4.78, 5) is 12.1. The van der Waals surface area contributed by atoms with Crippen LogP contribution in [0.5, 0.6) is 0 Å². The van der Waals surface area contributed by atoms with Gasteiger partial charge in [-0.05, 0) is 42.4 Å². The Morgan fingerprint density at radius 2 is 2.00 bits per heavy atom. The van der Waals surface area contributed by atoms with E-state index in [-0.39, 0.29) is 11.2 Å². The fourth-order valence-corrected chi connectivity index (χ4v) is 3.00. The van der Waals surface area contributed by atoms with Crippen LogP contribution in [0.15, 0.2) is 36.0 Å². The zero-order chi connectivity index (χ0) is 18.0. The normalized spacial score (nSPS) is 21.2. The number of allylic oxidation sites excluding steroid dienone is 1. The number of anilines is 1. The Morgan fingerprint density at radius 1 is 1.29 bits per heavy atom. The van der Waals surface area contributed by atoms with Gasteiger partial charge in [0.2, 0.25) is 0 Å². The quantitative estimate of drug-likeness (QED) is 0.702. The van der Waals surface area contributed by atoms with Crippen LogP contribution in [0.2, 0.25) is 0 Å². The van der Waals surface area contributed by atoms with Crippen molar-refractivity contribution >= 4 is 11.5 Å². The number of hydrogen-bond donors (Lipinski definition) is 1. The van der Waals surface area contributed by atoms with Gasteiger partial charge in [-0.25, -0.2) is 0 Å². The van der Waals surface area contributed by atoms with Crippen LogP contribution >= 0.6 is 0 Å². The number of ketones is 1. The maximum atomic E-state index is 12.7. The van der Waals surface area contributed by atoms with Crippen LogP contribution < -0.4 is 5.32 Å². The van der Waals surface area contributed by atoms with Crippen LogP contribution in [0, 0.1) is 11.3 Å². The second kappa shape index (κ2) is 6.99. The molecule has 0 radical (unpaired) electrons. The minimum Gasteiger partial charge on any atom is -0.361 e. The van der Waals surface area contributed by atoms with Crippen molar-refractivity contribution < 1.29 is 18.0 Å². The summed E-state index contributed by atoms with van der Waals surface area (Å²) in [5.74, 6) is 0.493. The number of benzene rings is 1. The van der Waals surface area contributed by atoms with E-state index >= 15 is 0 Å². The molecule has 0 heterocycles. The zero-order valence-corrected chi connectivity index (χ0v) is 14.3. The summed E-state index contributed by atoms with van der Waals surface area (Å²) in [6.45, 7) is 6.54. The lowest BCUT2D eigenvalue weighted by Crippen LogP contribution is -2.29. The highest BCUT2D eigenvalue weighted by Gasteiger charge is 2.33. The van der Waals surface area contributed by atoms with Gasteiger partial charge in [-0.1, -0.05) is 33.3 Å². The minimum absolute atomic E-state index is 0.0811. The summed E-state index contributed by atoms with van der Waals surface area (Å²) in [5, 5.41) is 2.86. The number of alkyl halides is 3. The fourth-order valence-electron chi connectivity index (χ4n) is 3.00. The highest BCUT2D eigenvalue weighted by atomic mass is 19.4. The summed E-state index contributed by atoms with van der Waals surface area (Å²) in [5.41, 5.74) is 0.453. The molecule has 5 heteroatoms. The molecule has 0 amide bonds. The minimum atomic E-state index is -4.37. The molecule has 0 saturated heterocycles. The first-order valence-electron chi connectivity index (χ1n) is 8.29. The van der Waals surface area contributed by atoms with Gasteiger partial charge in [-0.15, -0.1) is 0 Å². The standard InChI is InChI=1S/C19H24F3NO/c1-4-18(2,3)14-8-9-17(24)13(10-14)12-23-16-7-5-6-15(11-16)19(20,21)22/h5-7,11-12,14,23H,4,8-10H2,1-3H3/b13-12+/t14-/m1/s1. The maximum Gasteiger partial charge on any atom is 0.416 e. The van der Waals surface area contributed by atoms with Gasteiger partial charge in [-0.3, -0.25) is 4.79 Å². The Balaban J connectivity index is 2.14. The van der Waals surface area contributed by atoms with Gasteiger partial charge in [-0.2, -0.15) is 13.2 Å². The molecule has 1 fully saturated rings. The molecular weight excluding hydrogens is 315 g/mol. The smallest absolute Gasteiger partial charge is 0.361 e. The third-order valence-corrected chi connectivity index (χ3v) is 5.16. The summed E-state index contributed by atoms with van der Waals surface area (Å²) in [6, 6.07) is 5.00. The molecule has 1 atom stereocenters. The van der Waals surface area contributed by atoms with Crippen molar-refractivity contribution in [3.8, 4) is 0 Å². The Bertz CT molecular complexity index is 632. The maximum absolute atomic E-state index is 12.7. The van der Waals surface area contributed by atoms with E-state index in [1.165, 1.54) is 6.07 Å². The van der Waals surface area contributed by atoms with Crippen LogP contribution in [-0.4, -0.2) is 5.78 Å². The van der Waals surface area contributed by atoms with Gasteiger partial charge in [0, 0.05) is 23.9 Å². The van der Waals surface area contributed by atoms with Crippen LogP contribution in [0.25, 0.3) is 0 Å². The second-order valence-corrected chi connectivity index (χ2v) is 7.10. The number of carbonyl (C=O) groups is 1. The van der Waals surface area contributed by atoms with E-state index in [9.17, 15) is 18.0 Å². The molecule has 0 unspecified atom stereocenters. The molecule has 0 bridgehead atoms. The van der Waals surface area contributed by atoms with E-state index in [1.54, 1.807) is 12.3 Å². The summed E-state index contributed by atoms with van der Waals surface area (Å²) >= 11 is 0. The molecule has 1 aliphatic rings. The monoisotopic (exact) mass is 339 g/mol. The molecule has 24 heavy (non-hydrogen) atoms. The van der Waals surface area contributed by atoms with Gasteiger partial charge in [0.15, 0.2) is 5.78 Å². The predicted molar refractivity (Wildman–Crippen MR) is 89.6 cm³/mol. The first-order chi connectivity index (χ1) is 11.1. The second-order valence-electron chi connectivity index (χ2n) is 7.10. The summed E-state index contributed by atoms with van der Waals surface area (Å²) < 4.78 is 38.2. The van der Waals surface area contributed by atoms with Gasteiger partial charge in [0.25, 0.3) is 0 Å². The summed E-state index contributed by atoms with van der Waals surface area (Å²) in [6.07, 6.45) is 0.286. The van der Waals surface area contributed by atoms with Crippen LogP contribution in [0.3, 0.4) is 0 Å². The van der Waals surface area contributed by atoms with Crippen LogP contribution in [-0.2, 0) is 11.0 Å². The molecule has 1 saturated carbocycles. The van der Waals surface area contributed by atoms with Gasteiger partial charge < -0.3 is 5.32 Å². The number of nitrogens with one attached hydrogen (secondary N) is 1. The molecule has 0 aliphatic heterocycles. The molecule has 132 valence electrons. The Kier molecular flexibility index (Phi) is 5.41. The van der Waals surface area contributed by atoms with E-state index in [0.717, 1.165) is 25.0 Å². The van der Waals surface area contributed by atoms with E-state index in [4.69, 9.17) is 0 Å². The molecule has 1 N–H and O–H groups in total. The van der Waals surface area contributed by atoms with E-state index in [2.05, 4.69) is 26.1 Å². The lowest BCUT2D eigenvalue weighted by molar-refractivity contribution is -0.137. The highest BCUT2D eigenvalue weighted by molar-refractivity contribution is 5.96. The average Bonchev–Trinajstić information content (AvgIpc) is 2.53. The molecule has 1 aliphatic carbocycles. The molecule has 0 aromatic heterocycles.